The zero-order valence-corrected chi connectivity index (χ0v) is 26.0. The van der Waals surface area contributed by atoms with Crippen molar-refractivity contribution in [2.75, 3.05) is 11.5 Å². The zero-order chi connectivity index (χ0) is 31.1. The highest BCUT2D eigenvalue weighted by Crippen LogP contribution is 2.34. The topological polar surface area (TPSA) is 177 Å². The van der Waals surface area contributed by atoms with Gasteiger partial charge in [0, 0.05) is 27.4 Å². The molecule has 1 saturated heterocycles. The van der Waals surface area contributed by atoms with E-state index in [4.69, 9.17) is 11.5 Å². The average molecular weight is 616 g/mol. The van der Waals surface area contributed by atoms with Crippen LogP contribution in [-0.4, -0.2) is 73.9 Å². The maximum Gasteiger partial charge on any atom is 0.244 e. The van der Waals surface area contributed by atoms with E-state index in [0.717, 1.165) is 11.1 Å². The van der Waals surface area contributed by atoms with Crippen LogP contribution in [0.15, 0.2) is 54.6 Å². The first kappa shape index (κ1) is 33.3. The molecule has 228 valence electrons. The molecule has 4 atom stereocenters. The van der Waals surface area contributed by atoms with Gasteiger partial charge in [0.05, 0.1) is 6.04 Å². The van der Waals surface area contributed by atoms with Crippen molar-refractivity contribution in [3.8, 4) is 5.75 Å². The van der Waals surface area contributed by atoms with Crippen LogP contribution in [0.2, 0.25) is 0 Å². The maximum absolute atomic E-state index is 13.9. The summed E-state index contributed by atoms with van der Waals surface area (Å²) in [6.07, 6.45) is 0.360. The lowest BCUT2D eigenvalue weighted by Gasteiger charge is -2.35. The van der Waals surface area contributed by atoms with E-state index in [9.17, 15) is 24.3 Å². The molecule has 0 aliphatic carbocycles. The molecule has 4 amide bonds. The number of carbonyl (C=O) groups excluding carboxylic acids is 4. The molecule has 0 spiro atoms. The number of amides is 4. The number of benzene rings is 2. The highest BCUT2D eigenvalue weighted by molar-refractivity contribution is 8.04. The third-order valence-electron chi connectivity index (χ3n) is 7.19. The molecule has 1 fully saturated rings. The fourth-order valence-corrected chi connectivity index (χ4v) is 7.10. The van der Waals surface area contributed by atoms with Crippen LogP contribution in [0, 0.1) is 0 Å². The minimum Gasteiger partial charge on any atom is -0.508 e. The highest BCUT2D eigenvalue weighted by atomic mass is 32.2. The van der Waals surface area contributed by atoms with Gasteiger partial charge >= 0.3 is 0 Å². The van der Waals surface area contributed by atoms with Gasteiger partial charge in [-0.25, -0.2) is 0 Å². The van der Waals surface area contributed by atoms with E-state index in [-0.39, 0.29) is 18.6 Å². The van der Waals surface area contributed by atoms with E-state index in [1.807, 2.05) is 58.0 Å². The highest BCUT2D eigenvalue weighted by Gasteiger charge is 2.42. The third-order valence-corrected chi connectivity index (χ3v) is 10.2. The summed E-state index contributed by atoms with van der Waals surface area (Å²) in [6.45, 7) is 7.43. The Kier molecular flexibility index (Phi) is 11.3. The van der Waals surface area contributed by atoms with Gasteiger partial charge in [0.25, 0.3) is 0 Å². The van der Waals surface area contributed by atoms with E-state index in [1.54, 1.807) is 12.1 Å². The monoisotopic (exact) mass is 615 g/mol. The Balaban J connectivity index is 1.92. The van der Waals surface area contributed by atoms with E-state index < -0.39 is 57.3 Å². The predicted molar refractivity (Wildman–Crippen MR) is 168 cm³/mol. The Bertz CT molecular complexity index is 1260. The van der Waals surface area contributed by atoms with Gasteiger partial charge in [-0.15, -0.1) is 0 Å². The molecular weight excluding hydrogens is 574 g/mol. The van der Waals surface area contributed by atoms with Gasteiger partial charge in [0.15, 0.2) is 0 Å². The summed E-state index contributed by atoms with van der Waals surface area (Å²) in [5.41, 5.74) is 13.5. The number of thioether (sulfide) groups is 2. The number of hydrogen-bond acceptors (Lipinski definition) is 8. The van der Waals surface area contributed by atoms with Crippen molar-refractivity contribution >= 4 is 47.2 Å². The number of hydrogen-bond donors (Lipinski definition) is 6. The molecule has 1 heterocycles. The van der Waals surface area contributed by atoms with Crippen molar-refractivity contribution < 1.29 is 24.3 Å². The van der Waals surface area contributed by atoms with E-state index >= 15 is 0 Å². The fourth-order valence-electron chi connectivity index (χ4n) is 4.70. The average Bonchev–Trinajstić information content (AvgIpc) is 2.93. The van der Waals surface area contributed by atoms with Crippen LogP contribution >= 0.6 is 23.5 Å². The number of rotatable bonds is 7. The lowest BCUT2D eigenvalue weighted by Crippen LogP contribution is -2.63. The summed E-state index contributed by atoms with van der Waals surface area (Å²) >= 11 is 3.00. The van der Waals surface area contributed by atoms with Crippen molar-refractivity contribution in [3.63, 3.8) is 0 Å². The molecule has 42 heavy (non-hydrogen) atoms. The first-order valence-corrected chi connectivity index (χ1v) is 15.7. The first-order valence-electron chi connectivity index (χ1n) is 13.8. The second-order valence-electron chi connectivity index (χ2n) is 11.4. The summed E-state index contributed by atoms with van der Waals surface area (Å²) < 4.78 is -1.50. The Morgan fingerprint density at radius 1 is 0.929 bits per heavy atom. The van der Waals surface area contributed by atoms with Gasteiger partial charge in [0.1, 0.15) is 23.9 Å². The van der Waals surface area contributed by atoms with E-state index in [2.05, 4.69) is 16.0 Å². The molecule has 0 saturated carbocycles. The number of nitrogens with one attached hydrogen (secondary N) is 3. The maximum atomic E-state index is 13.9. The Labute approximate surface area is 255 Å². The number of aromatic hydroxyl groups is 1. The molecule has 1 aliphatic heterocycles. The predicted octanol–water partition coefficient (Wildman–Crippen LogP) is 1.48. The molecular formula is C30H41N5O5S2. The van der Waals surface area contributed by atoms with E-state index in [1.165, 1.54) is 35.7 Å². The number of nitrogens with two attached hydrogens (primary N) is 2. The quantitative estimate of drug-likeness (QED) is 0.271. The molecule has 1 unspecified atom stereocenters. The number of phenolic OH excluding ortho intramolecular Hbond substituents is 1. The number of phenols is 1. The molecule has 10 nitrogen and oxygen atoms in total. The Morgan fingerprint density at radius 2 is 1.52 bits per heavy atom. The van der Waals surface area contributed by atoms with Crippen LogP contribution in [-0.2, 0) is 32.0 Å². The van der Waals surface area contributed by atoms with E-state index in [0.29, 0.717) is 11.5 Å². The molecule has 12 heteroatoms. The van der Waals surface area contributed by atoms with Crippen molar-refractivity contribution in [1.29, 1.82) is 0 Å². The summed E-state index contributed by atoms with van der Waals surface area (Å²) in [6, 6.07) is 11.6. The standard InChI is InChI=1S/C30H41N5O5S2/c1-29(2)23(25(32)37)34-27(39)22(17-18-8-6-5-7-9-18)33-28(40)24(30(3,4)42-15-14-41-29)35-26(38)21(31)16-19-10-12-20(36)13-11-19/h5-13,21-24,36H,14-17,31H2,1-4H3,(H2,32,37)(H,33,40)(H,34,39)(H,35,38)/t21-,22-,23+,24?/m0/s1. The molecule has 2 aromatic rings. The van der Waals surface area contributed by atoms with Gasteiger partial charge < -0.3 is 32.5 Å². The largest absolute Gasteiger partial charge is 0.508 e. The molecule has 3 rings (SSSR count). The molecule has 1 aliphatic rings. The number of carbonyl (C=O) groups is 4. The van der Waals surface area contributed by atoms with Gasteiger partial charge in [-0.05, 0) is 57.4 Å². The molecule has 2 aromatic carbocycles. The summed E-state index contributed by atoms with van der Waals surface area (Å²) in [4.78, 5) is 53.2. The fraction of sp³-hybridized carbons (Fsp3) is 0.467. The lowest BCUT2D eigenvalue weighted by molar-refractivity contribution is -0.134. The van der Waals surface area contributed by atoms with Crippen LogP contribution in [0.1, 0.15) is 38.8 Å². The summed E-state index contributed by atoms with van der Waals surface area (Å²) in [5.74, 6) is -0.965. The Morgan fingerprint density at radius 3 is 2.12 bits per heavy atom. The Hall–Kier alpha value is -3.22. The van der Waals surface area contributed by atoms with Gasteiger partial charge in [-0.3, -0.25) is 19.2 Å². The molecule has 0 bridgehead atoms. The lowest BCUT2D eigenvalue weighted by atomic mass is 9.98. The van der Waals surface area contributed by atoms with Crippen LogP contribution in [0.3, 0.4) is 0 Å². The van der Waals surface area contributed by atoms with Crippen LogP contribution < -0.4 is 27.4 Å². The van der Waals surface area contributed by atoms with Crippen LogP contribution in [0.4, 0.5) is 0 Å². The van der Waals surface area contributed by atoms with Gasteiger partial charge in [-0.2, -0.15) is 23.5 Å². The van der Waals surface area contributed by atoms with Gasteiger partial charge in [0.2, 0.25) is 23.6 Å². The molecule has 0 aromatic heterocycles. The molecule has 0 radical (unpaired) electrons. The molecule has 8 N–H and O–H groups in total. The first-order chi connectivity index (χ1) is 19.7. The van der Waals surface area contributed by atoms with Crippen molar-refractivity contribution in [1.82, 2.24) is 16.0 Å². The normalized spacial score (nSPS) is 23.6. The second-order valence-corrected chi connectivity index (χ2v) is 14.9. The van der Waals surface area contributed by atoms with Gasteiger partial charge in [-0.1, -0.05) is 42.5 Å². The summed E-state index contributed by atoms with van der Waals surface area (Å²) in [5, 5.41) is 18.0. The van der Waals surface area contributed by atoms with Crippen molar-refractivity contribution in [3.05, 3.63) is 65.7 Å². The summed E-state index contributed by atoms with van der Waals surface area (Å²) in [7, 11) is 0. The minimum atomic E-state index is -1.05. The van der Waals surface area contributed by atoms with Crippen molar-refractivity contribution in [2.24, 2.45) is 11.5 Å². The number of primary amides is 1. The minimum absolute atomic E-state index is 0.106. The second kappa shape index (κ2) is 14.3. The van der Waals surface area contributed by atoms with Crippen LogP contribution in [0.5, 0.6) is 5.75 Å². The third kappa shape index (κ3) is 9.14. The van der Waals surface area contributed by atoms with Crippen molar-refractivity contribution in [2.45, 2.75) is 74.2 Å². The zero-order valence-electron chi connectivity index (χ0n) is 24.4. The SMILES string of the molecule is CC1(C)SCCSC(C)(C)[C@@H](C(N)=O)NC(=O)[C@H](Cc2ccccc2)NC(=O)C1NC(=O)[C@@H](N)Cc1ccc(O)cc1. The smallest absolute Gasteiger partial charge is 0.244 e. The van der Waals surface area contributed by atoms with Crippen LogP contribution in [0.25, 0.3) is 0 Å².